The lowest BCUT2D eigenvalue weighted by Crippen LogP contribution is -2.55. The number of carbonyl (C=O) groups is 4. The van der Waals surface area contributed by atoms with Gasteiger partial charge in [-0.15, -0.1) is 0 Å². The smallest absolute Gasteiger partial charge is 0.326 e. The lowest BCUT2D eigenvalue weighted by Gasteiger charge is -2.27. The van der Waals surface area contributed by atoms with Crippen LogP contribution in [-0.2, 0) is 19.2 Å². The largest absolute Gasteiger partial charge is 0.480 e. The van der Waals surface area contributed by atoms with Gasteiger partial charge in [0.05, 0.1) is 12.5 Å². The first-order valence-corrected chi connectivity index (χ1v) is 6.61. The van der Waals surface area contributed by atoms with E-state index in [1.807, 2.05) is 0 Å². The zero-order chi connectivity index (χ0) is 16.2. The summed E-state index contributed by atoms with van der Waals surface area (Å²) in [6.45, 7) is 1.69. The number of carboxylic acids is 1. The molecule has 1 heterocycles. The molecule has 118 valence electrons. The molecule has 0 aromatic heterocycles. The molecule has 1 fully saturated rings. The highest BCUT2D eigenvalue weighted by atomic mass is 16.4. The number of primary amides is 1. The number of carbonyl (C=O) groups excluding carboxylic acids is 3. The Kier molecular flexibility index (Phi) is 5.65. The SMILES string of the molecule is C[C@H](N)C(=O)N[C@@H](CC(N)=O)C(=O)N1CCC[C@H]1C(=O)O. The minimum atomic E-state index is -1.19. The van der Waals surface area contributed by atoms with Crippen LogP contribution in [-0.4, -0.2) is 58.4 Å². The first-order chi connectivity index (χ1) is 9.73. The van der Waals surface area contributed by atoms with Gasteiger partial charge in [0, 0.05) is 6.54 Å². The van der Waals surface area contributed by atoms with E-state index >= 15 is 0 Å². The van der Waals surface area contributed by atoms with E-state index in [9.17, 15) is 19.2 Å². The van der Waals surface area contributed by atoms with Crippen molar-refractivity contribution < 1.29 is 24.3 Å². The van der Waals surface area contributed by atoms with Gasteiger partial charge in [-0.05, 0) is 19.8 Å². The summed E-state index contributed by atoms with van der Waals surface area (Å²) in [6.07, 6.45) is 0.485. The zero-order valence-corrected chi connectivity index (χ0v) is 11.7. The number of carboxylic acid groups (broad SMARTS) is 1. The van der Waals surface area contributed by atoms with Crippen LogP contribution in [0.5, 0.6) is 0 Å². The maximum Gasteiger partial charge on any atom is 0.326 e. The third-order valence-electron chi connectivity index (χ3n) is 3.25. The first kappa shape index (κ1) is 16.9. The number of nitrogens with zero attached hydrogens (tertiary/aromatic N) is 1. The number of hydrogen-bond acceptors (Lipinski definition) is 5. The van der Waals surface area contributed by atoms with Crippen molar-refractivity contribution in [2.75, 3.05) is 6.54 Å². The van der Waals surface area contributed by atoms with Crippen molar-refractivity contribution >= 4 is 23.7 Å². The Labute approximate surface area is 121 Å². The Morgan fingerprint density at radius 1 is 1.38 bits per heavy atom. The Morgan fingerprint density at radius 2 is 2.00 bits per heavy atom. The van der Waals surface area contributed by atoms with E-state index in [4.69, 9.17) is 16.6 Å². The van der Waals surface area contributed by atoms with Crippen molar-refractivity contribution in [3.05, 3.63) is 0 Å². The summed E-state index contributed by atoms with van der Waals surface area (Å²) in [5, 5.41) is 11.4. The molecule has 3 amide bonds. The van der Waals surface area contributed by atoms with Crippen LogP contribution in [0.1, 0.15) is 26.2 Å². The maximum atomic E-state index is 12.4. The summed E-state index contributed by atoms with van der Waals surface area (Å²) in [5.41, 5.74) is 10.5. The van der Waals surface area contributed by atoms with Gasteiger partial charge in [-0.25, -0.2) is 4.79 Å². The second-order valence-electron chi connectivity index (χ2n) is 5.05. The van der Waals surface area contributed by atoms with Gasteiger partial charge in [-0.3, -0.25) is 14.4 Å². The standard InChI is InChI=1S/C12H20N4O5/c1-6(13)10(18)15-7(5-9(14)17)11(19)16-4-2-3-8(16)12(20)21/h6-8H,2-5,13H2,1H3,(H2,14,17)(H,15,18)(H,20,21)/t6-,7-,8-/m0/s1. The monoisotopic (exact) mass is 300 g/mol. The number of rotatable bonds is 6. The van der Waals surface area contributed by atoms with Gasteiger partial charge in [0.15, 0.2) is 0 Å². The van der Waals surface area contributed by atoms with Gasteiger partial charge in [0.2, 0.25) is 17.7 Å². The Balaban J connectivity index is 2.86. The summed E-state index contributed by atoms with van der Waals surface area (Å²) in [5.74, 6) is -3.13. The molecule has 1 saturated heterocycles. The Morgan fingerprint density at radius 3 is 2.48 bits per heavy atom. The van der Waals surface area contributed by atoms with Crippen molar-refractivity contribution in [3.8, 4) is 0 Å². The number of likely N-dealkylation sites (tertiary alicyclic amines) is 1. The summed E-state index contributed by atoms with van der Waals surface area (Å²) < 4.78 is 0. The van der Waals surface area contributed by atoms with E-state index in [1.54, 1.807) is 0 Å². The molecule has 0 aromatic carbocycles. The van der Waals surface area contributed by atoms with Crippen LogP contribution in [0.3, 0.4) is 0 Å². The minimum absolute atomic E-state index is 0.263. The van der Waals surface area contributed by atoms with Gasteiger partial charge in [-0.2, -0.15) is 0 Å². The second kappa shape index (κ2) is 7.02. The van der Waals surface area contributed by atoms with Crippen molar-refractivity contribution in [1.29, 1.82) is 0 Å². The highest BCUT2D eigenvalue weighted by molar-refractivity contribution is 5.94. The molecule has 0 saturated carbocycles. The van der Waals surface area contributed by atoms with Crippen molar-refractivity contribution in [3.63, 3.8) is 0 Å². The molecular formula is C12H20N4O5. The predicted molar refractivity (Wildman–Crippen MR) is 71.8 cm³/mol. The summed E-state index contributed by atoms with van der Waals surface area (Å²) in [4.78, 5) is 47.2. The second-order valence-corrected chi connectivity index (χ2v) is 5.05. The molecule has 0 bridgehead atoms. The highest BCUT2D eigenvalue weighted by Crippen LogP contribution is 2.19. The zero-order valence-electron chi connectivity index (χ0n) is 11.7. The molecule has 6 N–H and O–H groups in total. The molecule has 9 heteroatoms. The number of amides is 3. The van der Waals surface area contributed by atoms with Crippen LogP contribution in [0.25, 0.3) is 0 Å². The minimum Gasteiger partial charge on any atom is -0.480 e. The van der Waals surface area contributed by atoms with Crippen LogP contribution in [0.15, 0.2) is 0 Å². The van der Waals surface area contributed by atoms with Gasteiger partial charge in [-0.1, -0.05) is 0 Å². The lowest BCUT2D eigenvalue weighted by atomic mass is 10.1. The number of nitrogens with one attached hydrogen (secondary N) is 1. The quantitative estimate of drug-likeness (QED) is 0.435. The molecular weight excluding hydrogens is 280 g/mol. The number of nitrogens with two attached hydrogens (primary N) is 2. The summed E-state index contributed by atoms with van der Waals surface area (Å²) >= 11 is 0. The lowest BCUT2D eigenvalue weighted by molar-refractivity contribution is -0.149. The topological polar surface area (TPSA) is 156 Å². The van der Waals surface area contributed by atoms with Gasteiger partial charge in [0.1, 0.15) is 12.1 Å². The van der Waals surface area contributed by atoms with E-state index in [-0.39, 0.29) is 6.54 Å². The fourth-order valence-corrected chi connectivity index (χ4v) is 2.19. The van der Waals surface area contributed by atoms with Crippen molar-refractivity contribution in [1.82, 2.24) is 10.2 Å². The predicted octanol–water partition coefficient (Wildman–Crippen LogP) is -2.23. The van der Waals surface area contributed by atoms with Gasteiger partial charge >= 0.3 is 5.97 Å². The van der Waals surface area contributed by atoms with E-state index in [1.165, 1.54) is 6.92 Å². The van der Waals surface area contributed by atoms with E-state index in [0.717, 1.165) is 4.90 Å². The Hall–Kier alpha value is -2.16. The normalized spacial score (nSPS) is 20.7. The molecule has 0 aromatic rings. The summed E-state index contributed by atoms with van der Waals surface area (Å²) in [6, 6.07) is -3.00. The van der Waals surface area contributed by atoms with E-state index < -0.39 is 48.2 Å². The van der Waals surface area contributed by atoms with Crippen molar-refractivity contribution in [2.24, 2.45) is 11.5 Å². The molecule has 3 atom stereocenters. The highest BCUT2D eigenvalue weighted by Gasteiger charge is 2.38. The van der Waals surface area contributed by atoms with Gasteiger partial charge < -0.3 is 26.8 Å². The average Bonchev–Trinajstić information content (AvgIpc) is 2.85. The van der Waals surface area contributed by atoms with E-state index in [2.05, 4.69) is 5.32 Å². The molecule has 0 aliphatic carbocycles. The van der Waals surface area contributed by atoms with E-state index in [0.29, 0.717) is 12.8 Å². The van der Waals surface area contributed by atoms with Crippen LogP contribution in [0.4, 0.5) is 0 Å². The third kappa shape index (κ3) is 4.42. The summed E-state index contributed by atoms with van der Waals surface area (Å²) in [7, 11) is 0. The van der Waals surface area contributed by atoms with Crippen molar-refractivity contribution in [2.45, 2.75) is 44.3 Å². The molecule has 0 unspecified atom stereocenters. The molecule has 1 rings (SSSR count). The fraction of sp³-hybridized carbons (Fsp3) is 0.667. The first-order valence-electron chi connectivity index (χ1n) is 6.61. The number of hydrogen-bond donors (Lipinski definition) is 4. The molecule has 1 aliphatic rings. The van der Waals surface area contributed by atoms with Crippen LogP contribution in [0.2, 0.25) is 0 Å². The molecule has 1 aliphatic heterocycles. The third-order valence-corrected chi connectivity index (χ3v) is 3.25. The van der Waals surface area contributed by atoms with Crippen LogP contribution < -0.4 is 16.8 Å². The van der Waals surface area contributed by atoms with Crippen LogP contribution >= 0.6 is 0 Å². The average molecular weight is 300 g/mol. The molecule has 0 spiro atoms. The molecule has 21 heavy (non-hydrogen) atoms. The van der Waals surface area contributed by atoms with Gasteiger partial charge in [0.25, 0.3) is 0 Å². The molecule has 9 nitrogen and oxygen atoms in total. The number of aliphatic carboxylic acids is 1. The van der Waals surface area contributed by atoms with Crippen LogP contribution in [0, 0.1) is 0 Å². The Bertz CT molecular complexity index is 451. The maximum absolute atomic E-state index is 12.4. The molecule has 0 radical (unpaired) electrons. The fourth-order valence-electron chi connectivity index (χ4n) is 2.19.